The van der Waals surface area contributed by atoms with Crippen LogP contribution >= 0.6 is 0 Å². The molecule has 100 valence electrons. The molecule has 2 aliphatic carbocycles. The summed E-state index contributed by atoms with van der Waals surface area (Å²) in [4.78, 5) is 0. The topological polar surface area (TPSA) is 12.0 Å². The van der Waals surface area contributed by atoms with Crippen LogP contribution in [0.15, 0.2) is 0 Å². The Bertz CT molecular complexity index is 216. The molecule has 0 aromatic rings. The lowest BCUT2D eigenvalue weighted by atomic mass is 9.79. The summed E-state index contributed by atoms with van der Waals surface area (Å²) in [5.41, 5.74) is 0. The summed E-state index contributed by atoms with van der Waals surface area (Å²) in [5, 5.41) is 3.85. The van der Waals surface area contributed by atoms with Crippen molar-refractivity contribution < 1.29 is 0 Å². The molecule has 0 aromatic carbocycles. The molecule has 2 unspecified atom stereocenters. The van der Waals surface area contributed by atoms with Gasteiger partial charge in [0.25, 0.3) is 0 Å². The fourth-order valence-corrected chi connectivity index (χ4v) is 3.83. The number of rotatable bonds is 4. The molecule has 0 heterocycles. The molecule has 0 aromatic heterocycles. The lowest BCUT2D eigenvalue weighted by molar-refractivity contribution is 0.230. The summed E-state index contributed by atoms with van der Waals surface area (Å²) in [6.45, 7) is 8.50. The lowest BCUT2D eigenvalue weighted by Crippen LogP contribution is -2.37. The number of hydrogen-bond donors (Lipinski definition) is 1. The highest BCUT2D eigenvalue weighted by atomic mass is 14.9. The maximum atomic E-state index is 3.85. The molecule has 0 radical (unpaired) electrons. The van der Waals surface area contributed by atoms with Crippen LogP contribution in [0.4, 0.5) is 0 Å². The van der Waals surface area contributed by atoms with Crippen LogP contribution in [-0.4, -0.2) is 12.6 Å². The SMILES string of the molecule is CC(C)C1CCC(NCC2CCCC2C)CC1. The van der Waals surface area contributed by atoms with E-state index < -0.39 is 0 Å². The first-order valence-electron chi connectivity index (χ1n) is 7.90. The van der Waals surface area contributed by atoms with Gasteiger partial charge >= 0.3 is 0 Å². The molecule has 2 aliphatic rings. The van der Waals surface area contributed by atoms with Gasteiger partial charge in [0, 0.05) is 6.04 Å². The maximum Gasteiger partial charge on any atom is 0.00673 e. The van der Waals surface area contributed by atoms with Gasteiger partial charge in [0.15, 0.2) is 0 Å². The van der Waals surface area contributed by atoms with Gasteiger partial charge in [0.1, 0.15) is 0 Å². The third-order valence-corrected chi connectivity index (χ3v) is 5.42. The number of hydrogen-bond acceptors (Lipinski definition) is 1. The van der Waals surface area contributed by atoms with E-state index in [0.29, 0.717) is 0 Å². The molecule has 1 nitrogen and oxygen atoms in total. The van der Waals surface area contributed by atoms with Gasteiger partial charge in [-0.25, -0.2) is 0 Å². The van der Waals surface area contributed by atoms with Gasteiger partial charge in [-0.2, -0.15) is 0 Å². The highest BCUT2D eigenvalue weighted by molar-refractivity contribution is 4.82. The molecule has 2 rings (SSSR count). The van der Waals surface area contributed by atoms with Crippen molar-refractivity contribution in [1.29, 1.82) is 0 Å². The minimum absolute atomic E-state index is 0.831. The average Bonchev–Trinajstić information content (AvgIpc) is 2.73. The third kappa shape index (κ3) is 3.71. The van der Waals surface area contributed by atoms with Crippen LogP contribution < -0.4 is 5.32 Å². The van der Waals surface area contributed by atoms with Crippen LogP contribution in [0.5, 0.6) is 0 Å². The molecule has 0 bridgehead atoms. The van der Waals surface area contributed by atoms with Crippen molar-refractivity contribution in [3.8, 4) is 0 Å². The van der Waals surface area contributed by atoms with Gasteiger partial charge in [-0.05, 0) is 62.3 Å². The van der Waals surface area contributed by atoms with E-state index >= 15 is 0 Å². The maximum absolute atomic E-state index is 3.85. The Hall–Kier alpha value is -0.0400. The van der Waals surface area contributed by atoms with Crippen LogP contribution in [0.1, 0.15) is 65.7 Å². The lowest BCUT2D eigenvalue weighted by Gasteiger charge is -2.32. The van der Waals surface area contributed by atoms with Gasteiger partial charge in [-0.1, -0.05) is 33.6 Å². The van der Waals surface area contributed by atoms with Crippen molar-refractivity contribution in [3.63, 3.8) is 0 Å². The second-order valence-corrected chi connectivity index (χ2v) is 6.93. The van der Waals surface area contributed by atoms with Crippen molar-refractivity contribution >= 4 is 0 Å². The van der Waals surface area contributed by atoms with Crippen LogP contribution in [0.3, 0.4) is 0 Å². The van der Waals surface area contributed by atoms with E-state index in [2.05, 4.69) is 26.1 Å². The molecular weight excluding hydrogens is 206 g/mol. The van der Waals surface area contributed by atoms with Crippen LogP contribution in [-0.2, 0) is 0 Å². The van der Waals surface area contributed by atoms with Crippen molar-refractivity contribution in [2.45, 2.75) is 71.8 Å². The normalized spacial score (nSPS) is 38.8. The van der Waals surface area contributed by atoms with E-state index in [1.807, 2.05) is 0 Å². The van der Waals surface area contributed by atoms with Crippen LogP contribution in [0.25, 0.3) is 0 Å². The van der Waals surface area contributed by atoms with Gasteiger partial charge in [0.05, 0.1) is 0 Å². The molecule has 0 amide bonds. The Kier molecular flexibility index (Phi) is 4.90. The third-order valence-electron chi connectivity index (χ3n) is 5.42. The molecule has 2 fully saturated rings. The van der Waals surface area contributed by atoms with Crippen LogP contribution in [0.2, 0.25) is 0 Å². The fourth-order valence-electron chi connectivity index (χ4n) is 3.83. The van der Waals surface area contributed by atoms with Gasteiger partial charge < -0.3 is 5.32 Å². The minimum atomic E-state index is 0.831. The quantitative estimate of drug-likeness (QED) is 0.771. The van der Waals surface area contributed by atoms with E-state index in [-0.39, 0.29) is 0 Å². The van der Waals surface area contributed by atoms with Gasteiger partial charge in [-0.15, -0.1) is 0 Å². The summed E-state index contributed by atoms with van der Waals surface area (Å²) < 4.78 is 0. The molecule has 2 atom stereocenters. The summed E-state index contributed by atoms with van der Waals surface area (Å²) in [6.07, 6.45) is 10.1. The average molecular weight is 237 g/mol. The predicted molar refractivity (Wildman–Crippen MR) is 75.1 cm³/mol. The van der Waals surface area contributed by atoms with E-state index in [1.165, 1.54) is 51.5 Å². The Balaban J connectivity index is 1.64. The van der Waals surface area contributed by atoms with Crippen molar-refractivity contribution in [2.24, 2.45) is 23.7 Å². The molecular formula is C16H31N. The zero-order chi connectivity index (χ0) is 12.3. The Morgan fingerprint density at radius 3 is 2.24 bits per heavy atom. The molecule has 0 spiro atoms. The molecule has 1 heteroatoms. The fraction of sp³-hybridized carbons (Fsp3) is 1.00. The molecule has 0 saturated heterocycles. The van der Waals surface area contributed by atoms with Crippen molar-refractivity contribution in [3.05, 3.63) is 0 Å². The largest absolute Gasteiger partial charge is 0.314 e. The highest BCUT2D eigenvalue weighted by Gasteiger charge is 2.26. The summed E-state index contributed by atoms with van der Waals surface area (Å²) >= 11 is 0. The first-order valence-corrected chi connectivity index (χ1v) is 7.90. The molecule has 2 saturated carbocycles. The zero-order valence-electron chi connectivity index (χ0n) is 12.0. The highest BCUT2D eigenvalue weighted by Crippen LogP contribution is 2.32. The Morgan fingerprint density at radius 1 is 1.00 bits per heavy atom. The smallest absolute Gasteiger partial charge is 0.00673 e. The second-order valence-electron chi connectivity index (χ2n) is 6.93. The van der Waals surface area contributed by atoms with E-state index in [0.717, 1.165) is 29.7 Å². The summed E-state index contributed by atoms with van der Waals surface area (Å²) in [5.74, 6) is 3.83. The van der Waals surface area contributed by atoms with E-state index in [4.69, 9.17) is 0 Å². The molecule has 1 N–H and O–H groups in total. The molecule has 17 heavy (non-hydrogen) atoms. The van der Waals surface area contributed by atoms with E-state index in [9.17, 15) is 0 Å². The van der Waals surface area contributed by atoms with Crippen molar-refractivity contribution in [1.82, 2.24) is 5.32 Å². The van der Waals surface area contributed by atoms with E-state index in [1.54, 1.807) is 0 Å². The minimum Gasteiger partial charge on any atom is -0.314 e. The van der Waals surface area contributed by atoms with Gasteiger partial charge in [-0.3, -0.25) is 0 Å². The second kappa shape index (κ2) is 6.22. The predicted octanol–water partition coefficient (Wildman–Crippen LogP) is 4.23. The van der Waals surface area contributed by atoms with Crippen molar-refractivity contribution in [2.75, 3.05) is 6.54 Å². The van der Waals surface area contributed by atoms with Gasteiger partial charge in [0.2, 0.25) is 0 Å². The van der Waals surface area contributed by atoms with Crippen LogP contribution in [0, 0.1) is 23.7 Å². The first-order chi connectivity index (χ1) is 8.16. The monoisotopic (exact) mass is 237 g/mol. The summed E-state index contributed by atoms with van der Waals surface area (Å²) in [6, 6.07) is 0.831. The molecule has 0 aliphatic heterocycles. The Labute approximate surface area is 108 Å². The zero-order valence-corrected chi connectivity index (χ0v) is 12.0. The number of nitrogens with one attached hydrogen (secondary N) is 1. The Morgan fingerprint density at radius 2 is 1.71 bits per heavy atom. The summed E-state index contributed by atoms with van der Waals surface area (Å²) in [7, 11) is 0. The first kappa shape index (κ1) is 13.4. The standard InChI is InChI=1S/C16H31N/c1-12(2)14-7-9-16(10-8-14)17-11-15-6-4-5-13(15)3/h12-17H,4-11H2,1-3H3.